The Labute approximate surface area is 209 Å². The predicted octanol–water partition coefficient (Wildman–Crippen LogP) is 5.48. The van der Waals surface area contributed by atoms with E-state index in [1.165, 1.54) is 18.2 Å². The Morgan fingerprint density at radius 1 is 1.14 bits per heavy atom. The Hall–Kier alpha value is -3.63. The van der Waals surface area contributed by atoms with Crippen LogP contribution in [0.15, 0.2) is 48.5 Å². The molecule has 0 unspecified atom stereocenters. The van der Waals surface area contributed by atoms with Crippen molar-refractivity contribution in [3.63, 3.8) is 0 Å². The summed E-state index contributed by atoms with van der Waals surface area (Å²) >= 11 is 1.20. The molecular weight excluding hydrogens is 486 g/mol. The number of ether oxygens (including phenoxy) is 1. The highest BCUT2D eigenvalue weighted by molar-refractivity contribution is 7.99. The lowest BCUT2D eigenvalue weighted by Gasteiger charge is -2.37. The number of rotatable bonds is 5. The number of aromatic nitrogens is 2. The first kappa shape index (κ1) is 22.8. The van der Waals surface area contributed by atoms with Crippen molar-refractivity contribution >= 4 is 34.8 Å². The van der Waals surface area contributed by atoms with E-state index in [0.717, 1.165) is 23.2 Å². The summed E-state index contributed by atoms with van der Waals surface area (Å²) in [6, 6.07) is 13.2. The number of aryl methyl sites for hydroxylation is 1. The van der Waals surface area contributed by atoms with Gasteiger partial charge in [-0.2, -0.15) is 4.98 Å². The molecule has 0 bridgehead atoms. The van der Waals surface area contributed by atoms with Gasteiger partial charge in [0.1, 0.15) is 23.6 Å². The highest BCUT2D eigenvalue weighted by atomic mass is 32.2. The maximum absolute atomic E-state index is 15.5. The SMILES string of the molecule is Cc1ccc(Oc2nc3c(F)c(-c4ccc(C5(O)CCC5)cc4)c(F)cc3[nH]2)cc1N1CC(=O)NS1. The largest absolute Gasteiger partial charge is 0.426 e. The maximum Gasteiger partial charge on any atom is 0.300 e. The molecule has 0 atom stereocenters. The molecule has 184 valence electrons. The average molecular weight is 509 g/mol. The zero-order valence-electron chi connectivity index (χ0n) is 19.3. The fourth-order valence-corrected chi connectivity index (χ4v) is 5.34. The maximum atomic E-state index is 15.5. The van der Waals surface area contributed by atoms with Crippen molar-refractivity contribution in [2.24, 2.45) is 0 Å². The van der Waals surface area contributed by atoms with E-state index in [-0.39, 0.29) is 35.1 Å². The van der Waals surface area contributed by atoms with Crippen LogP contribution in [0.2, 0.25) is 0 Å². The van der Waals surface area contributed by atoms with Crippen LogP contribution < -0.4 is 13.8 Å². The first-order valence-corrected chi connectivity index (χ1v) is 12.3. The van der Waals surface area contributed by atoms with E-state index in [4.69, 9.17) is 4.74 Å². The molecule has 0 spiro atoms. The lowest BCUT2D eigenvalue weighted by atomic mass is 9.75. The van der Waals surface area contributed by atoms with Gasteiger partial charge in [0.2, 0.25) is 0 Å². The van der Waals surface area contributed by atoms with Gasteiger partial charge in [0.25, 0.3) is 11.9 Å². The van der Waals surface area contributed by atoms with E-state index in [1.54, 1.807) is 40.7 Å². The van der Waals surface area contributed by atoms with E-state index in [2.05, 4.69) is 14.7 Å². The van der Waals surface area contributed by atoms with Crippen LogP contribution in [0.5, 0.6) is 11.8 Å². The van der Waals surface area contributed by atoms with Crippen LogP contribution in [-0.4, -0.2) is 27.5 Å². The van der Waals surface area contributed by atoms with Crippen molar-refractivity contribution in [2.45, 2.75) is 31.8 Å². The second-order valence-corrected chi connectivity index (χ2v) is 9.98. The van der Waals surface area contributed by atoms with Crippen LogP contribution in [0, 0.1) is 18.6 Å². The fraction of sp³-hybridized carbons (Fsp3) is 0.231. The van der Waals surface area contributed by atoms with E-state index >= 15 is 4.39 Å². The van der Waals surface area contributed by atoms with E-state index in [9.17, 15) is 14.3 Å². The molecule has 1 aliphatic heterocycles. The Kier molecular flexibility index (Phi) is 5.38. The van der Waals surface area contributed by atoms with Gasteiger partial charge in [0, 0.05) is 12.1 Å². The third-order valence-electron chi connectivity index (χ3n) is 6.76. The smallest absolute Gasteiger partial charge is 0.300 e. The van der Waals surface area contributed by atoms with Gasteiger partial charge in [-0.15, -0.1) is 0 Å². The number of anilines is 1. The van der Waals surface area contributed by atoms with Crippen LogP contribution >= 0.6 is 12.1 Å². The average Bonchev–Trinajstić information content (AvgIpc) is 3.45. The molecule has 1 aliphatic carbocycles. The molecule has 6 rings (SSSR count). The quantitative estimate of drug-likeness (QED) is 0.309. The molecule has 3 N–H and O–H groups in total. The summed E-state index contributed by atoms with van der Waals surface area (Å²) in [4.78, 5) is 18.6. The molecule has 10 heteroatoms. The highest BCUT2D eigenvalue weighted by Gasteiger charge is 2.36. The molecule has 0 radical (unpaired) electrons. The van der Waals surface area contributed by atoms with Gasteiger partial charge in [0.15, 0.2) is 5.82 Å². The van der Waals surface area contributed by atoms with E-state index in [1.807, 2.05) is 13.0 Å². The Morgan fingerprint density at radius 2 is 1.92 bits per heavy atom. The molecule has 1 aromatic heterocycles. The van der Waals surface area contributed by atoms with Crippen LogP contribution in [0.1, 0.15) is 30.4 Å². The molecule has 2 fully saturated rings. The van der Waals surface area contributed by atoms with Crippen molar-refractivity contribution in [1.82, 2.24) is 14.7 Å². The van der Waals surface area contributed by atoms with Gasteiger partial charge in [-0.25, -0.2) is 8.78 Å². The molecular formula is C26H22F2N4O3S. The molecule has 3 aromatic carbocycles. The molecule has 4 aromatic rings. The topological polar surface area (TPSA) is 90.5 Å². The van der Waals surface area contributed by atoms with E-state index in [0.29, 0.717) is 24.2 Å². The minimum Gasteiger partial charge on any atom is -0.426 e. The second-order valence-electron chi connectivity index (χ2n) is 9.15. The summed E-state index contributed by atoms with van der Waals surface area (Å²) in [6.45, 7) is 2.13. The van der Waals surface area contributed by atoms with Crippen molar-refractivity contribution < 1.29 is 23.4 Å². The van der Waals surface area contributed by atoms with Crippen LogP contribution in [0.25, 0.3) is 22.2 Å². The third-order valence-corrected chi connectivity index (χ3v) is 7.62. The zero-order chi connectivity index (χ0) is 25.0. The summed E-state index contributed by atoms with van der Waals surface area (Å²) in [5, 5.41) is 10.5. The highest BCUT2D eigenvalue weighted by Crippen LogP contribution is 2.42. The second kappa shape index (κ2) is 8.49. The summed E-state index contributed by atoms with van der Waals surface area (Å²) in [5.74, 6) is -1.19. The minimum atomic E-state index is -0.844. The van der Waals surface area contributed by atoms with Gasteiger partial charge >= 0.3 is 0 Å². The van der Waals surface area contributed by atoms with Gasteiger partial charge in [-0.05, 0) is 48.9 Å². The first-order chi connectivity index (χ1) is 17.3. The third kappa shape index (κ3) is 3.86. The number of carbonyl (C=O) groups is 1. The Bertz CT molecular complexity index is 1500. The number of aliphatic hydroxyl groups is 1. The number of carbonyl (C=O) groups excluding carboxylic acids is 1. The number of nitrogens with zero attached hydrogens (tertiary/aromatic N) is 2. The van der Waals surface area contributed by atoms with Gasteiger partial charge < -0.3 is 14.8 Å². The predicted molar refractivity (Wildman–Crippen MR) is 134 cm³/mol. The van der Waals surface area contributed by atoms with Crippen LogP contribution in [0.4, 0.5) is 14.5 Å². The zero-order valence-corrected chi connectivity index (χ0v) is 20.1. The van der Waals surface area contributed by atoms with E-state index < -0.39 is 17.2 Å². The summed E-state index contributed by atoms with van der Waals surface area (Å²) in [7, 11) is 0. The first-order valence-electron chi connectivity index (χ1n) is 11.5. The summed E-state index contributed by atoms with van der Waals surface area (Å²) in [6.07, 6.45) is 2.33. The van der Waals surface area contributed by atoms with Gasteiger partial charge in [0.05, 0.1) is 34.5 Å². The molecule has 1 saturated heterocycles. The summed E-state index contributed by atoms with van der Waals surface area (Å²) in [5.41, 5.74) is 1.95. The summed E-state index contributed by atoms with van der Waals surface area (Å²) < 4.78 is 40.8. The molecule has 7 nitrogen and oxygen atoms in total. The Balaban J connectivity index is 1.30. The molecule has 36 heavy (non-hydrogen) atoms. The lowest BCUT2D eigenvalue weighted by molar-refractivity contribution is -0.117. The monoisotopic (exact) mass is 508 g/mol. The number of hydrogen-bond donors (Lipinski definition) is 3. The number of halogens is 2. The Morgan fingerprint density at radius 3 is 2.58 bits per heavy atom. The number of fused-ring (bicyclic) bond motifs is 1. The van der Waals surface area contributed by atoms with Crippen molar-refractivity contribution in [3.05, 3.63) is 71.3 Å². The van der Waals surface area contributed by atoms with Crippen molar-refractivity contribution in [1.29, 1.82) is 0 Å². The van der Waals surface area contributed by atoms with Crippen molar-refractivity contribution in [3.8, 4) is 22.9 Å². The number of hydrogen-bond acceptors (Lipinski definition) is 6. The lowest BCUT2D eigenvalue weighted by Crippen LogP contribution is -2.33. The minimum absolute atomic E-state index is 0.0149. The molecule has 2 heterocycles. The number of H-pyrrole nitrogens is 1. The fourth-order valence-electron chi connectivity index (χ4n) is 4.59. The number of nitrogens with one attached hydrogen (secondary N) is 2. The van der Waals surface area contributed by atoms with Crippen LogP contribution in [0.3, 0.4) is 0 Å². The van der Waals surface area contributed by atoms with Gasteiger partial charge in [-0.1, -0.05) is 30.3 Å². The number of imidazole rings is 1. The number of benzene rings is 3. The molecule has 2 aliphatic rings. The molecule has 1 saturated carbocycles. The van der Waals surface area contributed by atoms with Crippen LogP contribution in [-0.2, 0) is 10.4 Å². The van der Waals surface area contributed by atoms with Gasteiger partial charge in [-0.3, -0.25) is 13.8 Å². The molecule has 1 amide bonds. The number of amides is 1. The normalized spacial score (nSPS) is 16.8. The standard InChI is InChI=1S/C26H22F2N4O3S/c1-14-3-8-17(11-20(14)32-13-21(33)31-36-32)35-25-29-19-12-18(27)22(23(28)24(19)30-25)15-4-6-16(7-5-15)26(34)9-2-10-26/h3-8,11-12,34H,2,9-10,13H2,1H3,(H,29,30)(H,31,33). The number of aromatic amines is 1. The van der Waals surface area contributed by atoms with Crippen molar-refractivity contribution in [2.75, 3.05) is 10.8 Å².